The smallest absolute Gasteiger partial charge is 0.480 e. The van der Waals surface area contributed by atoms with Crippen LogP contribution in [0.5, 0.6) is 0 Å². The van der Waals surface area contributed by atoms with Crippen molar-refractivity contribution in [3.05, 3.63) is 71.8 Å². The maximum absolute atomic E-state index is 11.5. The summed E-state index contributed by atoms with van der Waals surface area (Å²) in [5, 5.41) is 10.8. The number of esters is 3. The Balaban J connectivity index is 0.000000370. The molecule has 1 fully saturated rings. The molecule has 2 unspecified atom stereocenters. The number of amides is 1. The topological polar surface area (TPSA) is 207 Å². The van der Waals surface area contributed by atoms with Crippen LogP contribution in [0.1, 0.15) is 36.8 Å². The highest BCUT2D eigenvalue weighted by Crippen LogP contribution is 2.32. The molecule has 0 spiro atoms. The molecular formula is C28H28Cl6N2O12. The first-order chi connectivity index (χ1) is 22.3. The van der Waals surface area contributed by atoms with Gasteiger partial charge < -0.3 is 39.8 Å². The zero-order valence-electron chi connectivity index (χ0n) is 24.5. The number of hydrogen-bond acceptors (Lipinski definition) is 12. The Labute approximate surface area is 303 Å². The van der Waals surface area contributed by atoms with Crippen LogP contribution in [0.25, 0.3) is 0 Å². The SMILES string of the molecule is NC(CCC(=O)OCc1ccccc1)C(=O)O.O=C(CCC1NC(=O)OC1=O)OCc1ccccc1.O=C(OC(Cl)(Cl)Cl)OC(Cl)(Cl)Cl. The second kappa shape index (κ2) is 21.7. The summed E-state index contributed by atoms with van der Waals surface area (Å²) in [4.78, 5) is 65.6. The number of nitrogens with two attached hydrogens (primary N) is 1. The number of halogens is 6. The van der Waals surface area contributed by atoms with E-state index >= 15 is 0 Å². The summed E-state index contributed by atoms with van der Waals surface area (Å²) in [6.07, 6.45) is -1.85. The average molecular weight is 797 g/mol. The number of carboxylic acids is 1. The molecule has 3 rings (SSSR count). The first kappa shape index (κ1) is 42.8. The third-order valence-electron chi connectivity index (χ3n) is 5.27. The van der Waals surface area contributed by atoms with Crippen molar-refractivity contribution in [2.75, 3.05) is 0 Å². The number of nitrogens with one attached hydrogen (secondary N) is 1. The second-order valence-corrected chi connectivity index (χ2v) is 13.4. The fourth-order valence-corrected chi connectivity index (χ4v) is 3.45. The van der Waals surface area contributed by atoms with Crippen LogP contribution in [0.3, 0.4) is 0 Å². The molecule has 1 aliphatic heterocycles. The Hall–Kier alpha value is -3.24. The largest absolute Gasteiger partial charge is 0.515 e. The molecule has 1 saturated heterocycles. The molecule has 0 bridgehead atoms. The Morgan fingerprint density at radius 2 is 1.23 bits per heavy atom. The molecule has 2 atom stereocenters. The van der Waals surface area contributed by atoms with Gasteiger partial charge >= 0.3 is 44.1 Å². The van der Waals surface area contributed by atoms with Crippen LogP contribution in [-0.4, -0.2) is 61.3 Å². The third-order valence-corrected chi connectivity index (χ3v) is 5.73. The van der Waals surface area contributed by atoms with Crippen molar-refractivity contribution < 1.29 is 57.6 Å². The summed E-state index contributed by atoms with van der Waals surface area (Å²) in [6.45, 7) is 0.392. The van der Waals surface area contributed by atoms with Gasteiger partial charge in [-0.15, -0.1) is 0 Å². The highest BCUT2D eigenvalue weighted by atomic mass is 35.6. The van der Waals surface area contributed by atoms with E-state index in [1.807, 2.05) is 60.7 Å². The molecule has 0 saturated carbocycles. The summed E-state index contributed by atoms with van der Waals surface area (Å²) in [5.41, 5.74) is 7.05. The Bertz CT molecular complexity index is 1340. The first-order valence-electron chi connectivity index (χ1n) is 13.3. The molecule has 2 aromatic carbocycles. The van der Waals surface area contributed by atoms with Gasteiger partial charge in [0, 0.05) is 12.8 Å². The van der Waals surface area contributed by atoms with Crippen LogP contribution in [0.4, 0.5) is 9.59 Å². The lowest BCUT2D eigenvalue weighted by atomic mass is 10.1. The molecule has 1 amide bonds. The molecule has 264 valence electrons. The van der Waals surface area contributed by atoms with Gasteiger partial charge in [-0.2, -0.15) is 0 Å². The van der Waals surface area contributed by atoms with Crippen LogP contribution < -0.4 is 11.1 Å². The maximum atomic E-state index is 11.5. The molecule has 0 radical (unpaired) electrons. The fraction of sp³-hybridized carbons (Fsp3) is 0.357. The van der Waals surface area contributed by atoms with Gasteiger partial charge in [0.1, 0.15) is 25.3 Å². The molecule has 0 aliphatic carbocycles. The molecule has 20 heteroatoms. The zero-order chi connectivity index (χ0) is 36.3. The van der Waals surface area contributed by atoms with Crippen LogP contribution >= 0.6 is 69.6 Å². The van der Waals surface area contributed by atoms with Crippen molar-refractivity contribution in [2.45, 2.75) is 58.9 Å². The number of carboxylic acid groups (broad SMARTS) is 1. The minimum Gasteiger partial charge on any atom is -0.480 e. The van der Waals surface area contributed by atoms with Crippen molar-refractivity contribution >= 4 is 106 Å². The lowest BCUT2D eigenvalue weighted by Crippen LogP contribution is -2.30. The third kappa shape index (κ3) is 21.6. The van der Waals surface area contributed by atoms with Gasteiger partial charge in [-0.3, -0.25) is 14.4 Å². The fourth-order valence-electron chi connectivity index (χ4n) is 3.07. The second-order valence-electron chi connectivity index (χ2n) is 9.07. The number of ether oxygens (including phenoxy) is 5. The molecular weight excluding hydrogens is 769 g/mol. The van der Waals surface area contributed by atoms with E-state index in [0.29, 0.717) is 0 Å². The molecule has 1 heterocycles. The minimum atomic E-state index is -2.24. The normalized spacial score (nSPS) is 14.4. The lowest BCUT2D eigenvalue weighted by Gasteiger charge is -2.15. The first-order valence-corrected chi connectivity index (χ1v) is 15.6. The number of carbonyl (C=O) groups excluding carboxylic acids is 5. The predicted molar refractivity (Wildman–Crippen MR) is 173 cm³/mol. The molecule has 4 N–H and O–H groups in total. The van der Waals surface area contributed by atoms with Crippen molar-refractivity contribution in [3.63, 3.8) is 0 Å². The van der Waals surface area contributed by atoms with Crippen molar-refractivity contribution in [2.24, 2.45) is 5.73 Å². The van der Waals surface area contributed by atoms with Gasteiger partial charge in [0.05, 0.1) is 0 Å². The van der Waals surface area contributed by atoms with Crippen LogP contribution in [-0.2, 0) is 56.1 Å². The van der Waals surface area contributed by atoms with Crippen LogP contribution in [0.15, 0.2) is 60.7 Å². The average Bonchev–Trinajstić information content (AvgIpc) is 3.32. The number of alkyl carbamates (subject to hydrolysis) is 1. The molecule has 0 aromatic heterocycles. The maximum Gasteiger partial charge on any atom is 0.515 e. The summed E-state index contributed by atoms with van der Waals surface area (Å²) in [5.74, 6) is -2.62. The summed E-state index contributed by atoms with van der Waals surface area (Å²) < 4.78 is 17.8. The number of hydrogen-bond donors (Lipinski definition) is 3. The number of cyclic esters (lactones) is 2. The van der Waals surface area contributed by atoms with Crippen LogP contribution in [0.2, 0.25) is 0 Å². The standard InChI is InChI=1S/C13H13NO5.C12H15NO4.C3Cl6O3/c15-11(18-8-9-4-2-1-3-5-9)7-6-10-12(16)19-13(17)14-10;13-10(12(15)16)6-7-11(14)17-8-9-4-2-1-3-5-9;4-2(5,6)11-1(10)12-3(7,8)9/h1-5,10H,6-8H2,(H,14,17);1-5,10H,6-8,13H2,(H,15,16);. The molecule has 1 aliphatic rings. The van der Waals surface area contributed by atoms with Gasteiger partial charge in [-0.25, -0.2) is 14.4 Å². The lowest BCUT2D eigenvalue weighted by molar-refractivity contribution is -0.146. The quantitative estimate of drug-likeness (QED) is 0.106. The highest BCUT2D eigenvalue weighted by molar-refractivity contribution is 6.67. The van der Waals surface area contributed by atoms with Gasteiger partial charge in [0.2, 0.25) is 0 Å². The summed E-state index contributed by atoms with van der Waals surface area (Å²) in [7, 11) is 0. The van der Waals surface area contributed by atoms with E-state index in [0.717, 1.165) is 11.1 Å². The van der Waals surface area contributed by atoms with Gasteiger partial charge in [0.15, 0.2) is 0 Å². The number of alkyl halides is 6. The Morgan fingerprint density at radius 3 is 1.60 bits per heavy atom. The molecule has 2 aromatic rings. The van der Waals surface area contributed by atoms with Crippen molar-refractivity contribution in [3.8, 4) is 0 Å². The van der Waals surface area contributed by atoms with E-state index in [9.17, 15) is 28.8 Å². The highest BCUT2D eigenvalue weighted by Gasteiger charge is 2.33. The van der Waals surface area contributed by atoms with Crippen molar-refractivity contribution in [1.82, 2.24) is 5.32 Å². The van der Waals surface area contributed by atoms with E-state index in [1.54, 1.807) is 0 Å². The van der Waals surface area contributed by atoms with Gasteiger partial charge in [-0.05, 0) is 93.6 Å². The monoisotopic (exact) mass is 794 g/mol. The Morgan fingerprint density at radius 1 is 0.792 bits per heavy atom. The summed E-state index contributed by atoms with van der Waals surface area (Å²) >= 11 is 30.2. The van der Waals surface area contributed by atoms with E-state index in [4.69, 9.17) is 89.9 Å². The minimum absolute atomic E-state index is 0.0142. The van der Waals surface area contributed by atoms with Crippen molar-refractivity contribution in [1.29, 1.82) is 0 Å². The number of aliphatic carboxylic acids is 1. The Kier molecular flexibility index (Phi) is 19.3. The number of carbonyl (C=O) groups is 6. The van der Waals surface area contributed by atoms with E-state index < -0.39 is 56.2 Å². The number of rotatable bonds is 11. The van der Waals surface area contributed by atoms with E-state index in [2.05, 4.69) is 19.5 Å². The summed E-state index contributed by atoms with van der Waals surface area (Å²) in [6, 6.07) is 16.8. The van der Waals surface area contributed by atoms with Gasteiger partial charge in [-0.1, -0.05) is 60.7 Å². The molecule has 48 heavy (non-hydrogen) atoms. The predicted octanol–water partition coefficient (Wildman–Crippen LogP) is 5.86. The number of benzene rings is 2. The van der Waals surface area contributed by atoms with E-state index in [-0.39, 0.29) is 38.9 Å². The van der Waals surface area contributed by atoms with Crippen LogP contribution in [0, 0.1) is 0 Å². The molecule has 14 nitrogen and oxygen atoms in total. The zero-order valence-corrected chi connectivity index (χ0v) is 29.0. The van der Waals surface area contributed by atoms with Gasteiger partial charge in [0.25, 0.3) is 0 Å². The van der Waals surface area contributed by atoms with E-state index in [1.165, 1.54) is 0 Å².